The first-order chi connectivity index (χ1) is 11.2. The summed E-state index contributed by atoms with van der Waals surface area (Å²) in [5, 5.41) is 15.2. The molecule has 2 heterocycles. The molecule has 7 heteroatoms. The van der Waals surface area contributed by atoms with Gasteiger partial charge in [-0.2, -0.15) is 0 Å². The highest BCUT2D eigenvalue weighted by molar-refractivity contribution is 8.00. The highest BCUT2D eigenvalue weighted by Crippen LogP contribution is 2.59. The summed E-state index contributed by atoms with van der Waals surface area (Å²) in [5.74, 6) is 2.02. The molecule has 0 radical (unpaired) electrons. The molecule has 122 valence electrons. The molecule has 6 nitrogen and oxygen atoms in total. The van der Waals surface area contributed by atoms with Crippen molar-refractivity contribution in [1.29, 1.82) is 0 Å². The number of rotatable bonds is 4. The van der Waals surface area contributed by atoms with Crippen molar-refractivity contribution in [3.63, 3.8) is 0 Å². The van der Waals surface area contributed by atoms with Crippen molar-refractivity contribution < 1.29 is 9.76 Å². The van der Waals surface area contributed by atoms with Gasteiger partial charge in [-0.15, -0.1) is 0 Å². The highest BCUT2D eigenvalue weighted by Gasteiger charge is 2.67. The average molecular weight is 333 g/mol. The molecule has 1 aromatic rings. The number of nitro groups is 1. The Labute approximate surface area is 139 Å². The maximum Gasteiger partial charge on any atom is 0.280 e. The van der Waals surface area contributed by atoms with Crippen molar-refractivity contribution >= 4 is 23.3 Å². The van der Waals surface area contributed by atoms with Gasteiger partial charge in [0.15, 0.2) is 5.84 Å². The van der Waals surface area contributed by atoms with Gasteiger partial charge in [0.1, 0.15) is 0 Å². The molecule has 0 aromatic heterocycles. The molecule has 1 unspecified atom stereocenters. The predicted octanol–water partition coefficient (Wildman–Crippen LogP) is 3.57. The molecule has 4 rings (SSSR count). The van der Waals surface area contributed by atoms with Crippen LogP contribution in [0.2, 0.25) is 0 Å². The molecule has 3 atom stereocenters. The molecule has 0 spiro atoms. The van der Waals surface area contributed by atoms with Gasteiger partial charge < -0.3 is 9.74 Å². The Morgan fingerprint density at radius 3 is 3.00 bits per heavy atom. The molecular formula is C16H19N3O3S. The molecular weight excluding hydrogens is 314 g/mol. The monoisotopic (exact) mass is 333 g/mol. The number of nitrogens with zero attached hydrogens (tertiary/aromatic N) is 3. The maximum absolute atomic E-state index is 11.4. The van der Waals surface area contributed by atoms with Crippen molar-refractivity contribution in [1.82, 2.24) is 4.90 Å². The van der Waals surface area contributed by atoms with Crippen LogP contribution in [0.25, 0.3) is 0 Å². The Morgan fingerprint density at radius 2 is 2.22 bits per heavy atom. The third kappa shape index (κ3) is 1.99. The fraction of sp³-hybridized carbons (Fsp3) is 0.562. The third-order valence-corrected chi connectivity index (χ3v) is 6.33. The normalized spacial score (nSPS) is 31.5. The molecule has 0 N–H and O–H groups in total. The van der Waals surface area contributed by atoms with E-state index in [1.807, 2.05) is 6.07 Å². The lowest BCUT2D eigenvalue weighted by atomic mass is 9.74. The minimum atomic E-state index is -0.446. The van der Waals surface area contributed by atoms with Gasteiger partial charge in [0.2, 0.25) is 0 Å². The Bertz CT molecular complexity index is 680. The predicted molar refractivity (Wildman–Crippen MR) is 89.2 cm³/mol. The largest absolute Gasteiger partial charge is 0.353 e. The minimum Gasteiger partial charge on any atom is -0.353 e. The molecule has 2 aliphatic heterocycles. The van der Waals surface area contributed by atoms with E-state index in [-0.39, 0.29) is 10.6 Å². The van der Waals surface area contributed by atoms with Crippen molar-refractivity contribution in [2.24, 2.45) is 11.1 Å². The van der Waals surface area contributed by atoms with Crippen LogP contribution in [-0.2, 0) is 4.84 Å². The van der Waals surface area contributed by atoms with Crippen molar-refractivity contribution in [2.45, 2.75) is 43.7 Å². The molecule has 1 saturated heterocycles. The van der Waals surface area contributed by atoms with Crippen molar-refractivity contribution in [3.8, 4) is 0 Å². The number of para-hydroxylation sites is 1. The van der Waals surface area contributed by atoms with Gasteiger partial charge in [-0.3, -0.25) is 10.1 Å². The second kappa shape index (κ2) is 5.40. The van der Waals surface area contributed by atoms with Gasteiger partial charge in [-0.1, -0.05) is 48.8 Å². The van der Waals surface area contributed by atoms with E-state index in [0.29, 0.717) is 23.4 Å². The second-order valence-corrected chi connectivity index (χ2v) is 7.62. The summed E-state index contributed by atoms with van der Waals surface area (Å²) in [7, 11) is 0. The van der Waals surface area contributed by atoms with Crippen LogP contribution in [0.3, 0.4) is 0 Å². The van der Waals surface area contributed by atoms with Gasteiger partial charge in [0, 0.05) is 12.1 Å². The lowest BCUT2D eigenvalue weighted by molar-refractivity contribution is -0.385. The van der Waals surface area contributed by atoms with Crippen LogP contribution in [0.5, 0.6) is 0 Å². The number of thioether (sulfide) groups is 1. The summed E-state index contributed by atoms with van der Waals surface area (Å²) in [4.78, 5) is 19.1. The second-order valence-electron chi connectivity index (χ2n) is 6.17. The van der Waals surface area contributed by atoms with Crippen LogP contribution < -0.4 is 0 Å². The van der Waals surface area contributed by atoms with Gasteiger partial charge in [-0.05, 0) is 24.7 Å². The first-order valence-electron chi connectivity index (χ1n) is 8.12. The maximum atomic E-state index is 11.4. The average Bonchev–Trinajstić information content (AvgIpc) is 2.88. The Kier molecular flexibility index (Phi) is 3.48. The molecule has 1 aliphatic carbocycles. The van der Waals surface area contributed by atoms with Gasteiger partial charge in [0.25, 0.3) is 10.7 Å². The molecule has 3 aliphatic rings. The number of hydrogen-bond donors (Lipinski definition) is 0. The van der Waals surface area contributed by atoms with Crippen LogP contribution >= 0.6 is 11.8 Å². The smallest absolute Gasteiger partial charge is 0.280 e. The summed E-state index contributed by atoms with van der Waals surface area (Å²) in [5.41, 5.74) is 0.645. The summed E-state index contributed by atoms with van der Waals surface area (Å²) in [6.07, 6.45) is 4.69. The van der Waals surface area contributed by atoms with Crippen LogP contribution in [0.1, 0.15) is 38.2 Å². The van der Waals surface area contributed by atoms with Crippen LogP contribution in [-0.4, -0.2) is 32.5 Å². The quantitative estimate of drug-likeness (QED) is 0.622. The Balaban J connectivity index is 1.73. The molecule has 1 saturated carbocycles. The molecule has 1 aromatic carbocycles. The van der Waals surface area contributed by atoms with Crippen molar-refractivity contribution in [2.75, 3.05) is 5.75 Å². The zero-order chi connectivity index (χ0) is 16.0. The summed E-state index contributed by atoms with van der Waals surface area (Å²) in [6.45, 7) is 2.11. The summed E-state index contributed by atoms with van der Waals surface area (Å²) < 4.78 is 0. The van der Waals surface area contributed by atoms with E-state index in [2.05, 4.69) is 17.0 Å². The fourth-order valence-electron chi connectivity index (χ4n) is 4.15. The number of oxime groups is 1. The van der Waals surface area contributed by atoms with Crippen LogP contribution in [0.4, 0.5) is 5.69 Å². The molecule has 0 amide bonds. The number of benzene rings is 1. The van der Waals surface area contributed by atoms with E-state index in [9.17, 15) is 10.1 Å². The zero-order valence-electron chi connectivity index (χ0n) is 13.0. The van der Waals surface area contributed by atoms with Crippen LogP contribution in [0, 0.1) is 16.0 Å². The lowest BCUT2D eigenvalue weighted by Gasteiger charge is -2.60. The molecule has 23 heavy (non-hydrogen) atoms. The van der Waals surface area contributed by atoms with Crippen LogP contribution in [0.15, 0.2) is 29.4 Å². The van der Waals surface area contributed by atoms with Gasteiger partial charge >= 0.3 is 0 Å². The topological polar surface area (TPSA) is 68.0 Å². The minimum absolute atomic E-state index is 0.0893. The molecule has 2 fully saturated rings. The SMILES string of the molecule is CCSC12ON=C(c3ccccc3[N+](=O)[O-])N1[C@@H]1CCCC[C@@H]12. The summed E-state index contributed by atoms with van der Waals surface area (Å²) in [6, 6.07) is 7.19. The number of hydrogen-bond acceptors (Lipinski definition) is 6. The number of nitro benzene ring substituents is 1. The van der Waals surface area contributed by atoms with E-state index in [4.69, 9.17) is 4.84 Å². The zero-order valence-corrected chi connectivity index (χ0v) is 13.8. The lowest BCUT2D eigenvalue weighted by Crippen LogP contribution is -2.72. The van der Waals surface area contributed by atoms with Gasteiger partial charge in [0.05, 0.1) is 16.4 Å². The van der Waals surface area contributed by atoms with Gasteiger partial charge in [-0.25, -0.2) is 0 Å². The fourth-order valence-corrected chi connectivity index (χ4v) is 5.51. The summed E-state index contributed by atoms with van der Waals surface area (Å²) >= 11 is 1.75. The molecule has 0 bridgehead atoms. The van der Waals surface area contributed by atoms with E-state index in [0.717, 1.165) is 18.6 Å². The van der Waals surface area contributed by atoms with E-state index >= 15 is 0 Å². The van der Waals surface area contributed by atoms with E-state index in [1.54, 1.807) is 23.9 Å². The third-order valence-electron chi connectivity index (χ3n) is 5.05. The first kappa shape index (κ1) is 14.8. The highest BCUT2D eigenvalue weighted by atomic mass is 32.2. The van der Waals surface area contributed by atoms with Crippen molar-refractivity contribution in [3.05, 3.63) is 39.9 Å². The Morgan fingerprint density at radius 1 is 1.43 bits per heavy atom. The van der Waals surface area contributed by atoms with E-state index in [1.165, 1.54) is 18.9 Å². The standard InChI is InChI=1S/C16H19N3O3S/c1-2-23-16-12-8-4-6-10-14(12)18(16)15(17-22-16)11-7-3-5-9-13(11)19(20)21/h3,5,7,9,12,14H,2,4,6,8,10H2,1H3/t12-,14+,16?/m0/s1. The number of amidine groups is 1. The van der Waals surface area contributed by atoms with E-state index < -0.39 is 5.06 Å². The first-order valence-corrected chi connectivity index (χ1v) is 9.11. The number of fused-ring (bicyclic) bond motifs is 4. The Hall–Kier alpha value is -1.76.